The predicted molar refractivity (Wildman–Crippen MR) is 71.8 cm³/mol. The smallest absolute Gasteiger partial charge is 0.360 e. The predicted octanol–water partition coefficient (Wildman–Crippen LogP) is 3.21. The summed E-state index contributed by atoms with van der Waals surface area (Å²) >= 11 is 1.24. The molecule has 0 fully saturated rings. The molecular formula is C13H12F2N2O2S. The molecule has 7 heteroatoms. The maximum Gasteiger partial charge on any atom is 0.360 e. The highest BCUT2D eigenvalue weighted by molar-refractivity contribution is 7.14. The van der Waals surface area contributed by atoms with Crippen LogP contribution in [-0.2, 0) is 11.3 Å². The molecule has 0 atom stereocenters. The molecule has 106 valence electrons. The molecule has 0 saturated carbocycles. The zero-order valence-corrected chi connectivity index (χ0v) is 11.5. The van der Waals surface area contributed by atoms with Crippen LogP contribution < -0.4 is 5.32 Å². The van der Waals surface area contributed by atoms with Crippen molar-refractivity contribution in [2.24, 2.45) is 0 Å². The first-order chi connectivity index (χ1) is 9.61. The highest BCUT2D eigenvalue weighted by Crippen LogP contribution is 2.22. The number of esters is 1. The Morgan fingerprint density at radius 3 is 2.90 bits per heavy atom. The van der Waals surface area contributed by atoms with Crippen molar-refractivity contribution in [1.82, 2.24) is 4.98 Å². The van der Waals surface area contributed by atoms with Gasteiger partial charge in [-0.2, -0.15) is 0 Å². The van der Waals surface area contributed by atoms with Gasteiger partial charge in [0.2, 0.25) is 0 Å². The molecule has 1 aromatic heterocycles. The summed E-state index contributed by atoms with van der Waals surface area (Å²) in [6.45, 7) is 2.23. The van der Waals surface area contributed by atoms with E-state index >= 15 is 0 Å². The average Bonchev–Trinajstić information content (AvgIpc) is 2.89. The van der Waals surface area contributed by atoms with Crippen LogP contribution in [0.4, 0.5) is 13.8 Å². The lowest BCUT2D eigenvalue weighted by atomic mass is 10.2. The number of thiazole rings is 1. The van der Waals surface area contributed by atoms with Gasteiger partial charge in [0.1, 0.15) is 5.00 Å². The Morgan fingerprint density at radius 1 is 1.40 bits per heavy atom. The normalized spacial score (nSPS) is 10.3. The summed E-state index contributed by atoms with van der Waals surface area (Å²) < 4.78 is 30.7. The fourth-order valence-corrected chi connectivity index (χ4v) is 2.22. The maximum atomic E-state index is 13.1. The van der Waals surface area contributed by atoms with Crippen LogP contribution in [0.25, 0.3) is 0 Å². The number of nitrogens with one attached hydrogen (secondary N) is 1. The van der Waals surface area contributed by atoms with Crippen LogP contribution in [0.2, 0.25) is 0 Å². The third-order valence-corrected chi connectivity index (χ3v) is 3.26. The van der Waals surface area contributed by atoms with E-state index in [9.17, 15) is 13.6 Å². The number of hydrogen-bond donors (Lipinski definition) is 1. The molecule has 2 rings (SSSR count). The monoisotopic (exact) mass is 298 g/mol. The van der Waals surface area contributed by atoms with Gasteiger partial charge in [-0.3, -0.25) is 0 Å². The molecule has 1 aromatic carbocycles. The third kappa shape index (κ3) is 3.30. The van der Waals surface area contributed by atoms with E-state index in [1.54, 1.807) is 6.92 Å². The minimum Gasteiger partial charge on any atom is -0.461 e. The molecule has 0 saturated heterocycles. The number of aromatic nitrogens is 1. The lowest BCUT2D eigenvalue weighted by molar-refractivity contribution is 0.0521. The molecule has 20 heavy (non-hydrogen) atoms. The first kappa shape index (κ1) is 14.4. The minimum atomic E-state index is -0.903. The van der Waals surface area contributed by atoms with Crippen molar-refractivity contribution >= 4 is 22.3 Å². The van der Waals surface area contributed by atoms with Crippen LogP contribution in [0.15, 0.2) is 23.7 Å². The standard InChI is InChI=1S/C13H12F2N2O2S/c1-2-19-13(18)11-12(20-7-17-11)16-6-8-3-4-9(14)10(15)5-8/h3-5,7,16H,2,6H2,1H3. The molecule has 4 nitrogen and oxygen atoms in total. The van der Waals surface area contributed by atoms with E-state index in [4.69, 9.17) is 4.74 Å². The van der Waals surface area contributed by atoms with E-state index < -0.39 is 17.6 Å². The Bertz CT molecular complexity index is 616. The van der Waals surface area contributed by atoms with Crippen LogP contribution in [-0.4, -0.2) is 17.6 Å². The molecule has 0 unspecified atom stereocenters. The van der Waals surface area contributed by atoms with Gasteiger partial charge in [-0.25, -0.2) is 18.6 Å². The molecule has 0 spiro atoms. The van der Waals surface area contributed by atoms with Gasteiger partial charge in [0.25, 0.3) is 0 Å². The summed E-state index contributed by atoms with van der Waals surface area (Å²) in [5.41, 5.74) is 2.27. The first-order valence-corrected chi connectivity index (χ1v) is 6.78. The van der Waals surface area contributed by atoms with Crippen molar-refractivity contribution in [1.29, 1.82) is 0 Å². The summed E-state index contributed by atoms with van der Waals surface area (Å²) in [5, 5.41) is 3.50. The highest BCUT2D eigenvalue weighted by Gasteiger charge is 2.15. The topological polar surface area (TPSA) is 51.2 Å². The molecule has 0 amide bonds. The maximum absolute atomic E-state index is 13.1. The van der Waals surface area contributed by atoms with Crippen molar-refractivity contribution in [3.05, 3.63) is 46.6 Å². The fourth-order valence-electron chi connectivity index (χ4n) is 1.55. The Balaban J connectivity index is 2.05. The summed E-state index contributed by atoms with van der Waals surface area (Å²) in [4.78, 5) is 15.5. The molecule has 0 aliphatic heterocycles. The Hall–Kier alpha value is -2.02. The summed E-state index contributed by atoms with van der Waals surface area (Å²) in [7, 11) is 0. The molecule has 0 bridgehead atoms. The van der Waals surface area contributed by atoms with Gasteiger partial charge < -0.3 is 10.1 Å². The van der Waals surface area contributed by atoms with E-state index in [0.717, 1.165) is 12.1 Å². The summed E-state index contributed by atoms with van der Waals surface area (Å²) in [6.07, 6.45) is 0. The molecule has 0 aliphatic rings. The number of benzene rings is 1. The molecule has 1 N–H and O–H groups in total. The van der Waals surface area contributed by atoms with Crippen LogP contribution in [0.3, 0.4) is 0 Å². The molecule has 2 aromatic rings. The second-order valence-corrected chi connectivity index (χ2v) is 4.71. The summed E-state index contributed by atoms with van der Waals surface area (Å²) in [5.74, 6) is -2.31. The van der Waals surface area contributed by atoms with E-state index in [2.05, 4.69) is 10.3 Å². The van der Waals surface area contributed by atoms with Gasteiger partial charge in [-0.15, -0.1) is 11.3 Å². The number of anilines is 1. The van der Waals surface area contributed by atoms with Crippen molar-refractivity contribution in [3.63, 3.8) is 0 Å². The third-order valence-electron chi connectivity index (χ3n) is 2.47. The second kappa shape index (κ2) is 6.42. The molecule has 0 aliphatic carbocycles. The largest absolute Gasteiger partial charge is 0.461 e. The summed E-state index contributed by atoms with van der Waals surface area (Å²) in [6, 6.07) is 3.63. The SMILES string of the molecule is CCOC(=O)c1ncsc1NCc1ccc(F)c(F)c1. The second-order valence-electron chi connectivity index (χ2n) is 3.85. The van der Waals surface area contributed by atoms with Crippen LogP contribution in [0.1, 0.15) is 23.0 Å². The van der Waals surface area contributed by atoms with Crippen molar-refractivity contribution in [3.8, 4) is 0 Å². The average molecular weight is 298 g/mol. The van der Waals surface area contributed by atoms with E-state index in [1.165, 1.54) is 22.9 Å². The highest BCUT2D eigenvalue weighted by atomic mass is 32.1. The van der Waals surface area contributed by atoms with Crippen molar-refractivity contribution < 1.29 is 18.3 Å². The number of ether oxygens (including phenoxy) is 1. The zero-order valence-electron chi connectivity index (χ0n) is 10.7. The Labute approximate surface area is 118 Å². The van der Waals surface area contributed by atoms with E-state index in [-0.39, 0.29) is 18.8 Å². The van der Waals surface area contributed by atoms with Gasteiger partial charge in [-0.1, -0.05) is 6.07 Å². The number of carbonyl (C=O) groups is 1. The van der Waals surface area contributed by atoms with Gasteiger partial charge in [0.05, 0.1) is 12.1 Å². The Morgan fingerprint density at radius 2 is 2.20 bits per heavy atom. The van der Waals surface area contributed by atoms with Crippen molar-refractivity contribution in [2.45, 2.75) is 13.5 Å². The number of nitrogens with zero attached hydrogens (tertiary/aromatic N) is 1. The van der Waals surface area contributed by atoms with Crippen LogP contribution in [0, 0.1) is 11.6 Å². The molecule has 1 heterocycles. The van der Waals surface area contributed by atoms with Gasteiger partial charge in [0.15, 0.2) is 17.3 Å². The number of halogens is 2. The quantitative estimate of drug-likeness (QED) is 0.861. The van der Waals surface area contributed by atoms with Gasteiger partial charge in [-0.05, 0) is 24.6 Å². The van der Waals surface area contributed by atoms with E-state index in [0.29, 0.717) is 10.6 Å². The molecular weight excluding hydrogens is 286 g/mol. The molecule has 0 radical (unpaired) electrons. The van der Waals surface area contributed by atoms with Crippen molar-refractivity contribution in [2.75, 3.05) is 11.9 Å². The number of carbonyl (C=O) groups excluding carboxylic acids is 1. The minimum absolute atomic E-state index is 0.194. The van der Waals surface area contributed by atoms with Gasteiger partial charge in [0, 0.05) is 6.54 Å². The lowest BCUT2D eigenvalue weighted by Gasteiger charge is -2.06. The fraction of sp³-hybridized carbons (Fsp3) is 0.231. The first-order valence-electron chi connectivity index (χ1n) is 5.90. The van der Waals surface area contributed by atoms with Gasteiger partial charge >= 0.3 is 5.97 Å². The zero-order chi connectivity index (χ0) is 14.5. The Kier molecular flexibility index (Phi) is 4.62. The van der Waals surface area contributed by atoms with Crippen LogP contribution >= 0.6 is 11.3 Å². The number of rotatable bonds is 5. The van der Waals surface area contributed by atoms with Crippen LogP contribution in [0.5, 0.6) is 0 Å². The van der Waals surface area contributed by atoms with E-state index in [1.807, 2.05) is 0 Å². The lowest BCUT2D eigenvalue weighted by Crippen LogP contribution is -2.09. The number of hydrogen-bond acceptors (Lipinski definition) is 5.